The number of fused-ring (bicyclic) bond motifs is 1. The summed E-state index contributed by atoms with van der Waals surface area (Å²) in [6, 6.07) is -0.0264. The number of aliphatic hydroxyl groups excluding tert-OH is 2. The van der Waals surface area contributed by atoms with E-state index in [9.17, 15) is 24.6 Å². The zero-order valence-electron chi connectivity index (χ0n) is 31.2. The van der Waals surface area contributed by atoms with Crippen molar-refractivity contribution in [2.45, 2.75) is 112 Å². The van der Waals surface area contributed by atoms with Crippen molar-refractivity contribution in [2.75, 3.05) is 51.5 Å². The number of aromatic nitrogens is 1. The molecule has 13 nitrogen and oxygen atoms in total. The average molecular weight is 782 g/mol. The second-order valence-corrected chi connectivity index (χ2v) is 16.7. The van der Waals surface area contributed by atoms with Gasteiger partial charge in [0.15, 0.2) is 17.7 Å². The third-order valence-corrected chi connectivity index (χ3v) is 12.2. The number of likely N-dealkylation sites (N-methyl/N-ethyl adjacent to an activating group) is 1. The van der Waals surface area contributed by atoms with Gasteiger partial charge in [-0.1, -0.05) is 13.3 Å². The van der Waals surface area contributed by atoms with Gasteiger partial charge in [-0.2, -0.15) is 0 Å². The highest BCUT2D eigenvalue weighted by Crippen LogP contribution is 2.44. The second-order valence-electron chi connectivity index (χ2n) is 15.1. The Balaban J connectivity index is 1.25. The molecular weight excluding hydrogens is 729 g/mol. The maximum Gasteiger partial charge on any atom is 0.344 e. The number of likely N-dealkylation sites (tertiary alicyclic amines) is 1. The van der Waals surface area contributed by atoms with E-state index in [-0.39, 0.29) is 46.4 Å². The Bertz CT molecular complexity index is 1730. The fourth-order valence-corrected chi connectivity index (χ4v) is 9.19. The molecule has 294 valence electrons. The molecule has 1 aromatic heterocycles. The van der Waals surface area contributed by atoms with Gasteiger partial charge < -0.3 is 44.5 Å². The van der Waals surface area contributed by atoms with E-state index < -0.39 is 58.5 Å². The van der Waals surface area contributed by atoms with Gasteiger partial charge in [0.1, 0.15) is 35.0 Å². The van der Waals surface area contributed by atoms with Gasteiger partial charge in [-0.25, -0.2) is 9.18 Å². The molecule has 0 bridgehead atoms. The first-order valence-corrected chi connectivity index (χ1v) is 20.4. The predicted octanol–water partition coefficient (Wildman–Crippen LogP) is 2.85. The number of halogens is 2. The Hall–Kier alpha value is -2.66. The molecule has 4 N–H and O–H groups in total. The van der Waals surface area contributed by atoms with Crippen molar-refractivity contribution in [1.29, 1.82) is 0 Å². The van der Waals surface area contributed by atoms with Crippen LogP contribution in [0.25, 0.3) is 10.9 Å². The molecule has 10 atom stereocenters. The number of rotatable bonds is 12. The zero-order valence-corrected chi connectivity index (χ0v) is 32.8. The van der Waals surface area contributed by atoms with Crippen LogP contribution in [0, 0.1) is 11.7 Å². The van der Waals surface area contributed by atoms with E-state index in [1.807, 2.05) is 23.8 Å². The lowest BCUT2D eigenvalue weighted by atomic mass is 9.92. The standard InChI is InChI=1S/C37H53ClFN5O8S/c1-7-8-20-13-25(42(4)16-20)35(48)41-26(19(3)38)32-30(46)31(47)34(37(52-32)53-6)51-36(49)23-17-44(21-9-10-21)27-22(29(23)45)14-24(39)28(33(27)50-5)43-12-11-40-18(2)15-43/h14,17-21,25-26,30-32,34,37,40,46-47H,7-13,15-16H2,1-6H3,(H,41,48)/t18?,19?,20?,25?,26-,30?,31?,32?,34?,37?/m1/s1. The minimum atomic E-state index is -1.65. The van der Waals surface area contributed by atoms with Crippen molar-refractivity contribution in [3.8, 4) is 5.75 Å². The minimum Gasteiger partial charge on any atom is -0.492 e. The van der Waals surface area contributed by atoms with E-state index in [4.69, 9.17) is 25.8 Å². The van der Waals surface area contributed by atoms with E-state index in [0.29, 0.717) is 37.5 Å². The lowest BCUT2D eigenvalue weighted by Crippen LogP contribution is -2.65. The zero-order chi connectivity index (χ0) is 38.3. The van der Waals surface area contributed by atoms with E-state index in [0.717, 1.165) is 50.1 Å². The Morgan fingerprint density at radius 2 is 1.98 bits per heavy atom. The number of aliphatic hydroxyl groups is 2. The normalized spacial score (nSPS) is 30.6. The van der Waals surface area contributed by atoms with Crippen LogP contribution < -0.4 is 25.7 Å². The van der Waals surface area contributed by atoms with E-state index in [1.54, 1.807) is 17.7 Å². The lowest BCUT2D eigenvalue weighted by Gasteiger charge is -2.45. The molecule has 3 aliphatic heterocycles. The topological polar surface area (TPSA) is 155 Å². The predicted molar refractivity (Wildman–Crippen MR) is 203 cm³/mol. The number of amides is 1. The number of carbonyl (C=O) groups excluding carboxylic acids is 2. The Labute approximate surface area is 318 Å². The van der Waals surface area contributed by atoms with E-state index in [1.165, 1.54) is 13.3 Å². The monoisotopic (exact) mass is 781 g/mol. The number of nitrogens with one attached hydrogen (secondary N) is 2. The fraction of sp³-hybridized carbons (Fsp3) is 0.703. The Kier molecular flexibility index (Phi) is 12.5. The minimum absolute atomic E-state index is 0.0294. The van der Waals surface area contributed by atoms with E-state index >= 15 is 4.39 Å². The molecule has 3 saturated heterocycles. The molecule has 53 heavy (non-hydrogen) atoms. The van der Waals surface area contributed by atoms with Crippen molar-refractivity contribution in [2.24, 2.45) is 5.92 Å². The van der Waals surface area contributed by atoms with Crippen LogP contribution in [0.1, 0.15) is 69.3 Å². The molecule has 4 aliphatic rings. The van der Waals surface area contributed by atoms with Crippen LogP contribution in [-0.4, -0.2) is 132 Å². The molecule has 0 radical (unpaired) electrons. The molecule has 2 aromatic rings. The maximum absolute atomic E-state index is 16.0. The summed E-state index contributed by atoms with van der Waals surface area (Å²) in [7, 11) is 3.35. The molecule has 1 aromatic carbocycles. The smallest absolute Gasteiger partial charge is 0.344 e. The number of hydrogen-bond acceptors (Lipinski definition) is 12. The summed E-state index contributed by atoms with van der Waals surface area (Å²) < 4.78 is 35.6. The first-order chi connectivity index (χ1) is 25.3. The molecule has 1 amide bonds. The Morgan fingerprint density at radius 1 is 1.25 bits per heavy atom. The first-order valence-electron chi connectivity index (χ1n) is 18.6. The summed E-state index contributed by atoms with van der Waals surface area (Å²) in [4.78, 5) is 45.3. The molecule has 6 rings (SSSR count). The van der Waals surface area contributed by atoms with Crippen LogP contribution in [0.15, 0.2) is 17.1 Å². The van der Waals surface area contributed by atoms with Gasteiger partial charge in [-0.15, -0.1) is 23.4 Å². The number of esters is 1. The molecule has 4 heterocycles. The quantitative estimate of drug-likeness (QED) is 0.185. The van der Waals surface area contributed by atoms with Crippen molar-refractivity contribution < 1.29 is 38.4 Å². The number of thioether (sulfide) groups is 1. The summed E-state index contributed by atoms with van der Waals surface area (Å²) in [5.41, 5.74) is -1.43. The highest BCUT2D eigenvalue weighted by molar-refractivity contribution is 7.99. The van der Waals surface area contributed by atoms with Gasteiger partial charge >= 0.3 is 5.97 Å². The number of benzene rings is 1. The molecule has 1 aliphatic carbocycles. The van der Waals surface area contributed by atoms with Crippen LogP contribution in [-0.2, 0) is 14.3 Å². The van der Waals surface area contributed by atoms with Gasteiger partial charge in [0, 0.05) is 44.5 Å². The third-order valence-electron chi connectivity index (χ3n) is 11.1. The summed E-state index contributed by atoms with van der Waals surface area (Å²) in [6.07, 6.45) is 1.64. The number of methoxy groups -OCH3 is 1. The van der Waals surface area contributed by atoms with Crippen molar-refractivity contribution in [3.63, 3.8) is 0 Å². The highest BCUT2D eigenvalue weighted by atomic mass is 35.5. The average Bonchev–Trinajstić information content (AvgIpc) is 3.90. The third kappa shape index (κ3) is 8.03. The van der Waals surface area contributed by atoms with Gasteiger partial charge in [0.05, 0.1) is 35.5 Å². The van der Waals surface area contributed by atoms with Crippen molar-refractivity contribution in [3.05, 3.63) is 33.9 Å². The largest absolute Gasteiger partial charge is 0.492 e. The van der Waals surface area contributed by atoms with Crippen LogP contribution in [0.3, 0.4) is 0 Å². The van der Waals surface area contributed by atoms with Gasteiger partial charge in [0.2, 0.25) is 11.3 Å². The summed E-state index contributed by atoms with van der Waals surface area (Å²) >= 11 is 7.71. The number of pyridine rings is 1. The van der Waals surface area contributed by atoms with Crippen molar-refractivity contribution in [1.82, 2.24) is 20.1 Å². The SMILES string of the molecule is CCCC1CC(C(=O)N[C@H](C(C)Cl)C2OC(SC)C(OC(=O)c3cn(C4CC4)c4c(OC)c(N5CCNC(C)C5)c(F)cc4c3=O)C(O)C2O)N(C)C1. The molecule has 1 saturated carbocycles. The number of alkyl halides is 1. The molecule has 4 fully saturated rings. The van der Waals surface area contributed by atoms with Crippen LogP contribution >= 0.6 is 23.4 Å². The number of piperazine rings is 1. The summed E-state index contributed by atoms with van der Waals surface area (Å²) in [5, 5.41) is 28.4. The van der Waals surface area contributed by atoms with Crippen molar-refractivity contribution >= 4 is 51.8 Å². The van der Waals surface area contributed by atoms with Crippen LogP contribution in [0.2, 0.25) is 0 Å². The van der Waals surface area contributed by atoms with Gasteiger partial charge in [-0.05, 0) is 64.8 Å². The van der Waals surface area contributed by atoms with Gasteiger partial charge in [0.25, 0.3) is 0 Å². The molecule has 0 spiro atoms. The first kappa shape index (κ1) is 40.0. The Morgan fingerprint density at radius 3 is 2.60 bits per heavy atom. The number of nitrogens with zero attached hydrogens (tertiary/aromatic N) is 3. The van der Waals surface area contributed by atoms with Gasteiger partial charge in [-0.3, -0.25) is 14.5 Å². The van der Waals surface area contributed by atoms with Crippen LogP contribution in [0.4, 0.5) is 10.1 Å². The molecular formula is C37H53ClFN5O8S. The lowest BCUT2D eigenvalue weighted by molar-refractivity contribution is -0.205. The highest BCUT2D eigenvalue weighted by Gasteiger charge is 2.51. The second kappa shape index (κ2) is 16.6. The fourth-order valence-electron chi connectivity index (χ4n) is 8.26. The number of carbonyl (C=O) groups is 2. The summed E-state index contributed by atoms with van der Waals surface area (Å²) in [5.74, 6) is -1.31. The maximum atomic E-state index is 16.0. The van der Waals surface area contributed by atoms with Crippen LogP contribution in [0.5, 0.6) is 5.75 Å². The summed E-state index contributed by atoms with van der Waals surface area (Å²) in [6.45, 7) is 8.35. The molecule has 16 heteroatoms. The van der Waals surface area contributed by atoms with E-state index in [2.05, 4.69) is 17.6 Å². The number of hydrogen-bond donors (Lipinski definition) is 4. The number of ether oxygens (including phenoxy) is 3. The molecule has 9 unspecified atom stereocenters. The number of anilines is 1.